The molecule has 2 nitrogen and oxygen atoms in total. The maximum absolute atomic E-state index is 2.48. The molecule has 0 atom stereocenters. The highest BCUT2D eigenvalue weighted by atomic mass is 14.9. The Bertz CT molecular complexity index is 2920. The molecule has 202 valence electrons. The lowest BCUT2D eigenvalue weighted by molar-refractivity contribution is 1.37. The Morgan fingerprint density at radius 1 is 0.295 bits per heavy atom. The molecule has 0 aliphatic rings. The zero-order chi connectivity index (χ0) is 28.5. The molecule has 0 amide bonds. The summed E-state index contributed by atoms with van der Waals surface area (Å²) in [5.41, 5.74) is 12.7. The van der Waals surface area contributed by atoms with Crippen LogP contribution in [0.25, 0.3) is 98.4 Å². The molecular weight excluding hydrogens is 532 g/mol. The van der Waals surface area contributed by atoms with Crippen LogP contribution in [0.4, 0.5) is 0 Å². The van der Waals surface area contributed by atoms with E-state index >= 15 is 0 Å². The van der Waals surface area contributed by atoms with Gasteiger partial charge >= 0.3 is 0 Å². The second kappa shape index (κ2) is 7.94. The molecule has 7 aromatic carbocycles. The van der Waals surface area contributed by atoms with Crippen LogP contribution in [0, 0.1) is 0 Å². The minimum Gasteiger partial charge on any atom is -0.308 e. The zero-order valence-electron chi connectivity index (χ0n) is 23.8. The van der Waals surface area contributed by atoms with Crippen LogP contribution in [-0.2, 0) is 0 Å². The van der Waals surface area contributed by atoms with Gasteiger partial charge in [0.15, 0.2) is 0 Å². The quantitative estimate of drug-likeness (QED) is 0.200. The minimum atomic E-state index is 1.24. The fraction of sp³-hybridized carbons (Fsp3) is 0. The van der Waals surface area contributed by atoms with Crippen molar-refractivity contribution in [1.82, 2.24) is 8.80 Å². The highest BCUT2D eigenvalue weighted by Crippen LogP contribution is 2.46. The fourth-order valence-electron chi connectivity index (χ4n) is 8.19. The number of hydrogen-bond donors (Lipinski definition) is 0. The van der Waals surface area contributed by atoms with Crippen molar-refractivity contribution in [2.24, 2.45) is 0 Å². The molecule has 0 aliphatic carbocycles. The van der Waals surface area contributed by atoms with Crippen LogP contribution in [0.5, 0.6) is 0 Å². The average Bonchev–Trinajstić information content (AvgIpc) is 3.81. The third kappa shape index (κ3) is 2.68. The van der Waals surface area contributed by atoms with Crippen molar-refractivity contribution in [3.05, 3.63) is 146 Å². The van der Waals surface area contributed by atoms with Crippen molar-refractivity contribution in [3.8, 4) is 22.3 Å². The summed E-state index contributed by atoms with van der Waals surface area (Å²) in [7, 11) is 0. The standard InChI is InChI=1S/C42H24N2/c1-2-10-25(11-3-1)26-20-21-38-33(22-26)35-24-27(23-34-30-13-5-7-18-37(30)43(38)42(34)35)28-14-9-19-39-40(28)32-16-8-15-31-29-12-4-6-17-36(29)44(39)41(31)32/h1-24H. The van der Waals surface area contributed by atoms with E-state index in [4.69, 9.17) is 0 Å². The Balaban J connectivity index is 1.30. The summed E-state index contributed by atoms with van der Waals surface area (Å²) in [6, 6.07) is 53.9. The maximum atomic E-state index is 2.48. The summed E-state index contributed by atoms with van der Waals surface area (Å²) in [6.07, 6.45) is 0. The molecule has 2 heteroatoms. The molecule has 11 rings (SSSR count). The van der Waals surface area contributed by atoms with Crippen LogP contribution in [0.3, 0.4) is 0 Å². The summed E-state index contributed by atoms with van der Waals surface area (Å²) >= 11 is 0. The molecule has 0 radical (unpaired) electrons. The third-order valence-corrected chi connectivity index (χ3v) is 9.96. The van der Waals surface area contributed by atoms with E-state index in [1.54, 1.807) is 0 Å². The van der Waals surface area contributed by atoms with Gasteiger partial charge in [-0.3, -0.25) is 0 Å². The van der Waals surface area contributed by atoms with Crippen molar-refractivity contribution in [2.45, 2.75) is 0 Å². The predicted octanol–water partition coefficient (Wildman–Crippen LogP) is 11.3. The molecule has 0 saturated carbocycles. The van der Waals surface area contributed by atoms with Crippen LogP contribution in [0.2, 0.25) is 0 Å². The van der Waals surface area contributed by atoms with Gasteiger partial charge in [0.2, 0.25) is 0 Å². The molecule has 0 aliphatic heterocycles. The largest absolute Gasteiger partial charge is 0.308 e. The van der Waals surface area contributed by atoms with E-state index < -0.39 is 0 Å². The highest BCUT2D eigenvalue weighted by molar-refractivity contribution is 6.28. The van der Waals surface area contributed by atoms with Crippen LogP contribution in [0.15, 0.2) is 146 Å². The molecular formula is C42H24N2. The molecule has 11 aromatic rings. The van der Waals surface area contributed by atoms with Crippen molar-refractivity contribution in [1.29, 1.82) is 0 Å². The first-order chi connectivity index (χ1) is 21.8. The van der Waals surface area contributed by atoms with E-state index in [-0.39, 0.29) is 0 Å². The van der Waals surface area contributed by atoms with Gasteiger partial charge < -0.3 is 8.80 Å². The van der Waals surface area contributed by atoms with Crippen molar-refractivity contribution in [2.75, 3.05) is 0 Å². The Morgan fingerprint density at radius 2 is 0.841 bits per heavy atom. The first-order valence-corrected chi connectivity index (χ1v) is 15.3. The molecule has 0 spiro atoms. The van der Waals surface area contributed by atoms with Crippen molar-refractivity contribution >= 4 is 76.2 Å². The first-order valence-electron chi connectivity index (χ1n) is 15.3. The SMILES string of the molecule is c1ccc(-c2ccc3c(c2)c2cc(-c4cccc5c4c4cccc6c7ccccc7n5c64)cc4c5ccccc5n3c42)cc1. The Morgan fingerprint density at radius 3 is 1.66 bits per heavy atom. The number of nitrogens with zero attached hydrogens (tertiary/aromatic N) is 2. The molecule has 4 aromatic heterocycles. The topological polar surface area (TPSA) is 8.82 Å². The lowest BCUT2D eigenvalue weighted by atomic mass is 9.95. The van der Waals surface area contributed by atoms with Crippen LogP contribution >= 0.6 is 0 Å². The van der Waals surface area contributed by atoms with Gasteiger partial charge in [-0.25, -0.2) is 0 Å². The Kier molecular flexibility index (Phi) is 4.10. The lowest BCUT2D eigenvalue weighted by Crippen LogP contribution is -1.84. The zero-order valence-corrected chi connectivity index (χ0v) is 23.8. The van der Waals surface area contributed by atoms with Gasteiger partial charge in [-0.05, 0) is 64.7 Å². The van der Waals surface area contributed by atoms with E-state index in [9.17, 15) is 0 Å². The van der Waals surface area contributed by atoms with Gasteiger partial charge in [0.1, 0.15) is 0 Å². The van der Waals surface area contributed by atoms with Gasteiger partial charge in [-0.15, -0.1) is 0 Å². The maximum Gasteiger partial charge on any atom is 0.0620 e. The second-order valence-corrected chi connectivity index (χ2v) is 12.1. The minimum absolute atomic E-state index is 1.24. The Labute approximate surface area is 252 Å². The average molecular weight is 557 g/mol. The van der Waals surface area contributed by atoms with E-state index in [0.29, 0.717) is 0 Å². The molecule has 0 saturated heterocycles. The summed E-state index contributed by atoms with van der Waals surface area (Å²) in [5, 5.41) is 10.5. The first kappa shape index (κ1) is 22.7. The Hall–Kier alpha value is -5.86. The summed E-state index contributed by atoms with van der Waals surface area (Å²) < 4.78 is 4.95. The third-order valence-electron chi connectivity index (χ3n) is 9.96. The second-order valence-electron chi connectivity index (χ2n) is 12.1. The van der Waals surface area contributed by atoms with Crippen molar-refractivity contribution in [3.63, 3.8) is 0 Å². The fourth-order valence-corrected chi connectivity index (χ4v) is 8.19. The number of aromatic nitrogens is 2. The lowest BCUT2D eigenvalue weighted by Gasteiger charge is -2.08. The normalized spacial score (nSPS) is 12.5. The molecule has 4 heterocycles. The molecule has 44 heavy (non-hydrogen) atoms. The van der Waals surface area contributed by atoms with Gasteiger partial charge in [0, 0.05) is 43.1 Å². The monoisotopic (exact) mass is 556 g/mol. The van der Waals surface area contributed by atoms with E-state index in [1.165, 1.54) is 98.4 Å². The van der Waals surface area contributed by atoms with Gasteiger partial charge in [0.05, 0.1) is 33.1 Å². The van der Waals surface area contributed by atoms with Crippen LogP contribution in [0.1, 0.15) is 0 Å². The number of hydrogen-bond acceptors (Lipinski definition) is 0. The van der Waals surface area contributed by atoms with E-state index in [2.05, 4.69) is 154 Å². The van der Waals surface area contributed by atoms with E-state index in [1.807, 2.05) is 0 Å². The number of para-hydroxylation sites is 3. The molecule has 0 unspecified atom stereocenters. The summed E-state index contributed by atoms with van der Waals surface area (Å²) in [6.45, 7) is 0. The number of benzene rings is 7. The molecule has 0 fully saturated rings. The predicted molar refractivity (Wildman–Crippen MR) is 187 cm³/mol. The van der Waals surface area contributed by atoms with Crippen LogP contribution in [-0.4, -0.2) is 8.80 Å². The van der Waals surface area contributed by atoms with Crippen molar-refractivity contribution < 1.29 is 0 Å². The summed E-state index contributed by atoms with van der Waals surface area (Å²) in [4.78, 5) is 0. The molecule has 0 bridgehead atoms. The van der Waals surface area contributed by atoms with E-state index in [0.717, 1.165) is 0 Å². The number of rotatable bonds is 2. The van der Waals surface area contributed by atoms with Crippen LogP contribution < -0.4 is 0 Å². The summed E-state index contributed by atoms with van der Waals surface area (Å²) in [5.74, 6) is 0. The number of fused-ring (bicyclic) bond motifs is 12. The smallest absolute Gasteiger partial charge is 0.0620 e. The van der Waals surface area contributed by atoms with Gasteiger partial charge in [0.25, 0.3) is 0 Å². The van der Waals surface area contributed by atoms with Gasteiger partial charge in [-0.2, -0.15) is 0 Å². The highest BCUT2D eigenvalue weighted by Gasteiger charge is 2.22. The van der Waals surface area contributed by atoms with Gasteiger partial charge in [-0.1, -0.05) is 103 Å². The molecule has 0 N–H and O–H groups in total.